The summed E-state index contributed by atoms with van der Waals surface area (Å²) >= 11 is 1.70. The van der Waals surface area contributed by atoms with Crippen LogP contribution in [0, 0.1) is 6.92 Å². The highest BCUT2D eigenvalue weighted by Crippen LogP contribution is 2.26. The van der Waals surface area contributed by atoms with Gasteiger partial charge in [-0.1, -0.05) is 20.8 Å². The van der Waals surface area contributed by atoms with Gasteiger partial charge in [-0.2, -0.15) is 5.10 Å². The number of anilines is 1. The molecule has 0 unspecified atom stereocenters. The first-order chi connectivity index (χ1) is 7.88. The fourth-order valence-electron chi connectivity index (χ4n) is 1.49. The molecule has 0 saturated heterocycles. The summed E-state index contributed by atoms with van der Waals surface area (Å²) in [5.74, 6) is 0.718. The van der Waals surface area contributed by atoms with Crippen LogP contribution in [0.5, 0.6) is 0 Å². The van der Waals surface area contributed by atoms with Crippen molar-refractivity contribution in [2.45, 2.75) is 39.7 Å². The van der Waals surface area contributed by atoms with Crippen molar-refractivity contribution in [1.29, 1.82) is 0 Å². The first kappa shape index (κ1) is 12.1. The maximum Gasteiger partial charge on any atom is 0.125 e. The Morgan fingerprint density at radius 1 is 1.41 bits per heavy atom. The van der Waals surface area contributed by atoms with E-state index in [0.717, 1.165) is 22.1 Å². The summed E-state index contributed by atoms with van der Waals surface area (Å²) in [5.41, 5.74) is 8.06. The summed E-state index contributed by atoms with van der Waals surface area (Å²) in [6.07, 6.45) is 1.78. The van der Waals surface area contributed by atoms with Crippen LogP contribution in [0.2, 0.25) is 0 Å². The Balaban J connectivity index is 2.20. The van der Waals surface area contributed by atoms with E-state index in [1.54, 1.807) is 22.2 Å². The molecule has 0 aliphatic heterocycles. The standard InChI is InChI=1S/C12H18N4S/c1-8-5-14-16(10(8)13)6-9-7-17-11(15-9)12(2,3)4/h5,7H,6,13H2,1-4H3. The van der Waals surface area contributed by atoms with Crippen molar-refractivity contribution in [2.24, 2.45) is 0 Å². The van der Waals surface area contributed by atoms with Crippen LogP contribution >= 0.6 is 11.3 Å². The largest absolute Gasteiger partial charge is 0.384 e. The van der Waals surface area contributed by atoms with Crippen LogP contribution in [-0.4, -0.2) is 14.8 Å². The van der Waals surface area contributed by atoms with E-state index in [2.05, 4.69) is 36.2 Å². The highest BCUT2D eigenvalue weighted by atomic mass is 32.1. The van der Waals surface area contributed by atoms with Crippen molar-refractivity contribution >= 4 is 17.2 Å². The van der Waals surface area contributed by atoms with Crippen LogP contribution in [0.3, 0.4) is 0 Å². The second kappa shape index (κ2) is 4.14. The van der Waals surface area contributed by atoms with Crippen molar-refractivity contribution in [3.8, 4) is 0 Å². The van der Waals surface area contributed by atoms with Crippen LogP contribution in [0.4, 0.5) is 5.82 Å². The Morgan fingerprint density at radius 2 is 2.12 bits per heavy atom. The number of thiazole rings is 1. The molecule has 4 nitrogen and oxygen atoms in total. The van der Waals surface area contributed by atoms with Crippen LogP contribution < -0.4 is 5.73 Å². The zero-order chi connectivity index (χ0) is 12.6. The van der Waals surface area contributed by atoms with Gasteiger partial charge < -0.3 is 5.73 Å². The van der Waals surface area contributed by atoms with Crippen LogP contribution in [-0.2, 0) is 12.0 Å². The third-order valence-corrected chi connectivity index (χ3v) is 3.89. The highest BCUT2D eigenvalue weighted by Gasteiger charge is 2.18. The minimum Gasteiger partial charge on any atom is -0.384 e. The van der Waals surface area contributed by atoms with Gasteiger partial charge in [0, 0.05) is 16.4 Å². The average Bonchev–Trinajstić information content (AvgIpc) is 2.80. The van der Waals surface area contributed by atoms with E-state index >= 15 is 0 Å². The predicted molar refractivity (Wildman–Crippen MR) is 71.3 cm³/mol. The fourth-order valence-corrected chi connectivity index (χ4v) is 2.39. The zero-order valence-electron chi connectivity index (χ0n) is 10.7. The third-order valence-electron chi connectivity index (χ3n) is 2.58. The maximum atomic E-state index is 5.92. The number of rotatable bonds is 2. The predicted octanol–water partition coefficient (Wildman–Crippen LogP) is 2.58. The Hall–Kier alpha value is -1.36. The molecule has 0 radical (unpaired) electrons. The summed E-state index contributed by atoms with van der Waals surface area (Å²) < 4.78 is 1.79. The molecule has 0 atom stereocenters. The number of aromatic nitrogens is 3. The van der Waals surface area contributed by atoms with Gasteiger partial charge in [0.1, 0.15) is 5.82 Å². The van der Waals surface area contributed by atoms with Gasteiger partial charge in [0.05, 0.1) is 23.4 Å². The first-order valence-corrected chi connectivity index (χ1v) is 6.48. The number of nitrogens with two attached hydrogens (primary N) is 1. The van der Waals surface area contributed by atoms with Crippen molar-refractivity contribution in [1.82, 2.24) is 14.8 Å². The van der Waals surface area contributed by atoms with Crippen molar-refractivity contribution in [3.05, 3.63) is 27.8 Å². The number of nitrogens with zero attached hydrogens (tertiary/aromatic N) is 3. The molecule has 2 N–H and O–H groups in total. The molecule has 0 saturated carbocycles. The van der Waals surface area contributed by atoms with Gasteiger partial charge in [0.2, 0.25) is 0 Å². The second-order valence-corrected chi connectivity index (χ2v) is 6.12. The quantitative estimate of drug-likeness (QED) is 0.891. The normalized spacial score (nSPS) is 12.0. The summed E-state index contributed by atoms with van der Waals surface area (Å²) in [7, 11) is 0. The van der Waals surface area contributed by atoms with Crippen LogP contribution in [0.15, 0.2) is 11.6 Å². The Morgan fingerprint density at radius 3 is 2.59 bits per heavy atom. The molecule has 0 fully saturated rings. The Kier molecular flexibility index (Phi) is 2.95. The van der Waals surface area contributed by atoms with E-state index < -0.39 is 0 Å². The van der Waals surface area contributed by atoms with Crippen molar-refractivity contribution < 1.29 is 0 Å². The van der Waals surface area contributed by atoms with E-state index in [-0.39, 0.29) is 5.41 Å². The number of aryl methyl sites for hydroxylation is 1. The topological polar surface area (TPSA) is 56.7 Å². The fraction of sp³-hybridized carbons (Fsp3) is 0.500. The van der Waals surface area contributed by atoms with Gasteiger partial charge in [0.15, 0.2) is 0 Å². The van der Waals surface area contributed by atoms with Gasteiger partial charge in [-0.15, -0.1) is 11.3 Å². The zero-order valence-corrected chi connectivity index (χ0v) is 11.5. The Bertz CT molecular complexity index is 519. The average molecular weight is 250 g/mol. The SMILES string of the molecule is Cc1cnn(Cc2csc(C(C)(C)C)n2)c1N. The summed E-state index contributed by atoms with van der Waals surface area (Å²) in [6, 6.07) is 0. The second-order valence-electron chi connectivity index (χ2n) is 5.26. The minimum absolute atomic E-state index is 0.106. The van der Waals surface area contributed by atoms with Gasteiger partial charge in [0.25, 0.3) is 0 Å². The van der Waals surface area contributed by atoms with E-state index in [9.17, 15) is 0 Å². The molecule has 2 aromatic rings. The van der Waals surface area contributed by atoms with Gasteiger partial charge in [-0.05, 0) is 6.92 Å². The van der Waals surface area contributed by atoms with Crippen molar-refractivity contribution in [3.63, 3.8) is 0 Å². The molecule has 17 heavy (non-hydrogen) atoms. The smallest absolute Gasteiger partial charge is 0.125 e. The lowest BCUT2D eigenvalue weighted by Crippen LogP contribution is -2.11. The molecule has 0 aliphatic rings. The van der Waals surface area contributed by atoms with E-state index in [1.165, 1.54) is 0 Å². The minimum atomic E-state index is 0.106. The molecule has 2 heterocycles. The van der Waals surface area contributed by atoms with Crippen molar-refractivity contribution in [2.75, 3.05) is 5.73 Å². The number of nitrogen functional groups attached to an aromatic ring is 1. The lowest BCUT2D eigenvalue weighted by molar-refractivity contribution is 0.579. The van der Waals surface area contributed by atoms with E-state index in [1.807, 2.05) is 6.92 Å². The van der Waals surface area contributed by atoms with E-state index in [4.69, 9.17) is 5.73 Å². The molecule has 0 aromatic carbocycles. The third kappa shape index (κ3) is 2.49. The molecule has 2 rings (SSSR count). The summed E-state index contributed by atoms with van der Waals surface area (Å²) in [5, 5.41) is 7.47. The molecule has 2 aromatic heterocycles. The molecule has 0 aliphatic carbocycles. The monoisotopic (exact) mass is 250 g/mol. The van der Waals surface area contributed by atoms with Gasteiger partial charge in [-0.3, -0.25) is 0 Å². The molecule has 0 spiro atoms. The number of hydrogen-bond acceptors (Lipinski definition) is 4. The van der Waals surface area contributed by atoms with Gasteiger partial charge in [-0.25, -0.2) is 9.67 Å². The highest BCUT2D eigenvalue weighted by molar-refractivity contribution is 7.09. The van der Waals surface area contributed by atoms with Gasteiger partial charge >= 0.3 is 0 Å². The molecule has 0 amide bonds. The lowest BCUT2D eigenvalue weighted by atomic mass is 9.98. The van der Waals surface area contributed by atoms with Crippen LogP contribution in [0.1, 0.15) is 37.0 Å². The molecule has 92 valence electrons. The Labute approximate surface area is 105 Å². The summed E-state index contributed by atoms with van der Waals surface area (Å²) in [4.78, 5) is 4.63. The summed E-state index contributed by atoms with van der Waals surface area (Å²) in [6.45, 7) is 9.11. The molecule has 5 heteroatoms. The number of hydrogen-bond donors (Lipinski definition) is 1. The lowest BCUT2D eigenvalue weighted by Gasteiger charge is -2.13. The maximum absolute atomic E-state index is 5.92. The molecular formula is C12H18N4S. The van der Waals surface area contributed by atoms with E-state index in [0.29, 0.717) is 6.54 Å². The van der Waals surface area contributed by atoms with Crippen LogP contribution in [0.25, 0.3) is 0 Å². The molecule has 0 bridgehead atoms. The molecular weight excluding hydrogens is 232 g/mol. The first-order valence-electron chi connectivity index (χ1n) is 5.60.